The molecule has 0 fully saturated rings. The highest BCUT2D eigenvalue weighted by Gasteiger charge is 2.30. The first-order valence-corrected chi connectivity index (χ1v) is 33.4. The van der Waals surface area contributed by atoms with Crippen molar-refractivity contribution < 1.29 is 37.3 Å². The largest absolute Gasteiger partial charge is 0.472 e. The summed E-state index contributed by atoms with van der Waals surface area (Å²) in [6, 6.07) is -0.880. The number of nitrogens with one attached hydrogen (secondary N) is 1. The van der Waals surface area contributed by atoms with Crippen molar-refractivity contribution in [3.05, 3.63) is 122 Å². The molecular weight excluding hydrogens is 1000 g/mol. The zero-order chi connectivity index (χ0) is 57.9. The Bertz CT molecular complexity index is 1770. The number of quaternary nitrogens is 1. The van der Waals surface area contributed by atoms with Crippen LogP contribution in [0.2, 0.25) is 0 Å². The van der Waals surface area contributed by atoms with Crippen LogP contribution in [0, 0.1) is 0 Å². The van der Waals surface area contributed by atoms with Crippen molar-refractivity contribution in [1.29, 1.82) is 0 Å². The predicted molar refractivity (Wildman–Crippen MR) is 341 cm³/mol. The van der Waals surface area contributed by atoms with E-state index in [1.807, 2.05) is 33.3 Å². The van der Waals surface area contributed by atoms with Gasteiger partial charge >= 0.3 is 13.8 Å². The number of likely N-dealkylation sites (N-methyl/N-ethyl adjacent to an activating group) is 1. The monoisotopic (exact) mass is 1120 g/mol. The number of phosphoric ester groups is 1. The van der Waals surface area contributed by atoms with Gasteiger partial charge in [-0.25, -0.2) is 4.57 Å². The molecule has 9 nitrogen and oxygen atoms in total. The third-order valence-corrected chi connectivity index (χ3v) is 14.4. The molecule has 79 heavy (non-hydrogen) atoms. The number of esters is 1. The average Bonchev–Trinajstić information content (AvgIpc) is 3.41. The summed E-state index contributed by atoms with van der Waals surface area (Å²) in [6.45, 7) is 6.83. The van der Waals surface area contributed by atoms with Gasteiger partial charge in [-0.1, -0.05) is 239 Å². The van der Waals surface area contributed by atoms with Gasteiger partial charge < -0.3 is 19.4 Å². The van der Waals surface area contributed by atoms with Crippen LogP contribution in [0.5, 0.6) is 0 Å². The second kappa shape index (κ2) is 57.6. The zero-order valence-corrected chi connectivity index (χ0v) is 52.5. The normalized spacial score (nSPS) is 14.5. The minimum Gasteiger partial charge on any atom is -0.456 e. The van der Waals surface area contributed by atoms with E-state index in [4.69, 9.17) is 13.8 Å². The lowest BCUT2D eigenvalue weighted by Crippen LogP contribution is -2.47. The maximum Gasteiger partial charge on any atom is 0.472 e. The number of unbranched alkanes of at least 4 members (excludes halogenated alkanes) is 22. The first-order valence-electron chi connectivity index (χ1n) is 31.9. The van der Waals surface area contributed by atoms with Gasteiger partial charge in [-0.3, -0.25) is 18.6 Å². The Kier molecular flexibility index (Phi) is 55.0. The Balaban J connectivity index is 5.36. The number of allylic oxidation sites excluding steroid dienone is 19. The van der Waals surface area contributed by atoms with Crippen LogP contribution in [0.3, 0.4) is 0 Å². The summed E-state index contributed by atoms with van der Waals surface area (Å²) >= 11 is 0. The third kappa shape index (κ3) is 58.9. The molecule has 3 atom stereocenters. The lowest BCUT2D eigenvalue weighted by molar-refractivity contribution is -0.870. The fourth-order valence-electron chi connectivity index (χ4n) is 8.48. The second-order valence-corrected chi connectivity index (χ2v) is 23.6. The molecule has 2 N–H and O–H groups in total. The minimum atomic E-state index is -4.47. The van der Waals surface area contributed by atoms with Crippen molar-refractivity contribution in [2.75, 3.05) is 40.9 Å². The Labute approximate surface area is 486 Å². The van der Waals surface area contributed by atoms with Gasteiger partial charge in [0.15, 0.2) is 0 Å². The van der Waals surface area contributed by atoms with E-state index in [1.165, 1.54) is 83.5 Å². The van der Waals surface area contributed by atoms with Crippen LogP contribution in [0.4, 0.5) is 0 Å². The van der Waals surface area contributed by atoms with E-state index < -0.39 is 20.0 Å². The molecule has 0 saturated carbocycles. The molecule has 0 bridgehead atoms. The number of nitrogens with zero attached hydrogens (tertiary/aromatic N) is 1. The van der Waals surface area contributed by atoms with Crippen LogP contribution < -0.4 is 5.32 Å². The van der Waals surface area contributed by atoms with Crippen molar-refractivity contribution in [3.63, 3.8) is 0 Å². The third-order valence-electron chi connectivity index (χ3n) is 13.4. The maximum atomic E-state index is 13.6. The van der Waals surface area contributed by atoms with Crippen LogP contribution in [0.25, 0.3) is 0 Å². The smallest absolute Gasteiger partial charge is 0.456 e. The summed E-state index contributed by atoms with van der Waals surface area (Å²) in [6.07, 6.45) is 80.5. The van der Waals surface area contributed by atoms with E-state index >= 15 is 0 Å². The summed E-state index contributed by atoms with van der Waals surface area (Å²) in [4.78, 5) is 37.8. The molecule has 0 radical (unpaired) electrons. The number of ether oxygens (including phenoxy) is 1. The zero-order valence-electron chi connectivity index (χ0n) is 51.6. The van der Waals surface area contributed by atoms with Gasteiger partial charge in [-0.2, -0.15) is 0 Å². The molecule has 0 rings (SSSR count). The first-order chi connectivity index (χ1) is 38.4. The molecule has 0 aromatic rings. The molecule has 0 spiro atoms. The van der Waals surface area contributed by atoms with Crippen molar-refractivity contribution >= 4 is 19.7 Å². The number of hydrogen-bond acceptors (Lipinski definition) is 6. The highest BCUT2D eigenvalue weighted by molar-refractivity contribution is 7.47. The summed E-state index contributed by atoms with van der Waals surface area (Å²) in [5.74, 6) is -0.566. The summed E-state index contributed by atoms with van der Waals surface area (Å²) in [5, 5.41) is 3.04. The Morgan fingerprint density at radius 3 is 1.24 bits per heavy atom. The molecule has 1 amide bonds. The molecule has 0 heterocycles. The van der Waals surface area contributed by atoms with Crippen molar-refractivity contribution in [3.8, 4) is 0 Å². The van der Waals surface area contributed by atoms with Crippen LogP contribution >= 0.6 is 7.82 Å². The van der Waals surface area contributed by atoms with Crippen molar-refractivity contribution in [2.45, 2.75) is 264 Å². The summed E-state index contributed by atoms with van der Waals surface area (Å²) in [7, 11) is 1.45. The van der Waals surface area contributed by atoms with Crippen LogP contribution in [0.1, 0.15) is 252 Å². The van der Waals surface area contributed by atoms with E-state index in [-0.39, 0.29) is 31.5 Å². The molecule has 0 aromatic carbocycles. The number of rotatable bonds is 56. The van der Waals surface area contributed by atoms with E-state index in [9.17, 15) is 19.0 Å². The Morgan fingerprint density at radius 1 is 0.456 bits per heavy atom. The van der Waals surface area contributed by atoms with E-state index in [0.717, 1.165) is 122 Å². The first kappa shape index (κ1) is 75.4. The Hall–Kier alpha value is -3.59. The second-order valence-electron chi connectivity index (χ2n) is 22.2. The summed E-state index contributed by atoms with van der Waals surface area (Å²) in [5.41, 5.74) is 0. The van der Waals surface area contributed by atoms with Crippen LogP contribution in [0.15, 0.2) is 122 Å². The van der Waals surface area contributed by atoms with Crippen LogP contribution in [-0.2, 0) is 27.9 Å². The van der Waals surface area contributed by atoms with Gasteiger partial charge in [0, 0.05) is 12.8 Å². The average molecular weight is 1120 g/mol. The number of phosphoric acid groups is 1. The van der Waals surface area contributed by atoms with E-state index in [0.29, 0.717) is 30.3 Å². The topological polar surface area (TPSA) is 111 Å². The van der Waals surface area contributed by atoms with Gasteiger partial charge in [0.05, 0.1) is 33.8 Å². The van der Waals surface area contributed by atoms with Crippen molar-refractivity contribution in [1.82, 2.24) is 5.32 Å². The molecule has 0 aliphatic rings. The molecule has 0 aromatic heterocycles. The fourth-order valence-corrected chi connectivity index (χ4v) is 9.21. The predicted octanol–water partition coefficient (Wildman–Crippen LogP) is 19.9. The molecular formula is C69H120N2O7P+. The van der Waals surface area contributed by atoms with Gasteiger partial charge in [0.2, 0.25) is 5.91 Å². The molecule has 452 valence electrons. The number of carbonyl (C=O) groups excluding carboxylic acids is 2. The molecule has 0 saturated heterocycles. The van der Waals surface area contributed by atoms with Gasteiger partial charge in [0.1, 0.15) is 19.3 Å². The van der Waals surface area contributed by atoms with Gasteiger partial charge in [-0.05, 0) is 122 Å². The van der Waals surface area contributed by atoms with Crippen molar-refractivity contribution in [2.24, 2.45) is 0 Å². The van der Waals surface area contributed by atoms with E-state index in [2.05, 4.69) is 135 Å². The maximum absolute atomic E-state index is 13.6. The molecule has 3 unspecified atom stereocenters. The lowest BCUT2D eigenvalue weighted by Gasteiger charge is -2.27. The molecule has 10 heteroatoms. The number of carbonyl (C=O) groups is 2. The SMILES string of the molecule is CC/C=C\C/C=C\C/C=C\C/C=C\C/C=C\C/C=C\CCCCCCC(=O)OC(/C=C\CCCCCCCCCCCCC)C(COP(=O)(O)OCC[N+](C)(C)C)NC(=O)CCCCCC/C=C\C/C=C\C/C=C\CCCCC. The quantitative estimate of drug-likeness (QED) is 0.0205. The van der Waals surface area contributed by atoms with Gasteiger partial charge in [-0.15, -0.1) is 0 Å². The Morgan fingerprint density at radius 2 is 0.810 bits per heavy atom. The van der Waals surface area contributed by atoms with Crippen LogP contribution in [-0.4, -0.2) is 74.3 Å². The molecule has 0 aliphatic heterocycles. The minimum absolute atomic E-state index is 0.0247. The highest BCUT2D eigenvalue weighted by atomic mass is 31.2. The van der Waals surface area contributed by atoms with Gasteiger partial charge in [0.25, 0.3) is 0 Å². The lowest BCUT2D eigenvalue weighted by atomic mass is 10.0. The molecule has 0 aliphatic carbocycles. The fraction of sp³-hybridized carbons (Fsp3) is 0.681. The summed E-state index contributed by atoms with van der Waals surface area (Å²) < 4.78 is 30.7. The van der Waals surface area contributed by atoms with E-state index in [1.54, 1.807) is 0 Å². The highest BCUT2D eigenvalue weighted by Crippen LogP contribution is 2.43. The number of hydrogen-bond donors (Lipinski definition) is 2. The number of amides is 1. The standard InChI is InChI=1S/C69H119N2O7P/c1-7-10-13-16-19-22-25-28-30-32-33-34-35-36-37-39-41-44-47-50-53-56-59-62-69(73)78-67(60-57-54-51-48-45-42-27-24-21-18-15-12-9-3)66(65-77-79(74,75)76-64-63-71(4,5)6)70-68(72)61-58-55-52-49-46-43-40-38-31-29-26-23-20-17-14-11-8-2/h10,13,19-20,22-23,28-31,33-34,36-37,40-41,43-44,57,60,66-67H,7-9,11-12,14-18,21,24-27,32,35,38-39,42,45-56,58-59,61-65H2,1-6H3,(H-,70,72,74,75)/p+1/b13-10-,22-19-,23-20-,30-28-,31-29-,34-33-,37-36-,43-40-,44-41-,60-57-.